The number of rotatable bonds is 5. The van der Waals surface area contributed by atoms with Gasteiger partial charge >= 0.3 is 0 Å². The minimum atomic E-state index is 0.0512. The number of nitrogens with zero attached hydrogens (tertiary/aromatic N) is 3. The van der Waals surface area contributed by atoms with Gasteiger partial charge in [-0.1, -0.05) is 6.92 Å². The lowest BCUT2D eigenvalue weighted by Gasteiger charge is -2.35. The molecule has 0 saturated carbocycles. The van der Waals surface area contributed by atoms with E-state index < -0.39 is 0 Å². The molecule has 0 spiro atoms. The molecule has 1 aromatic heterocycles. The Kier molecular flexibility index (Phi) is 5.72. The molecule has 21 heavy (non-hydrogen) atoms. The zero-order chi connectivity index (χ0) is 15.4. The number of piperidine rings is 1. The lowest BCUT2D eigenvalue weighted by atomic mass is 9.94. The van der Waals surface area contributed by atoms with Crippen molar-refractivity contribution in [3.05, 3.63) is 11.1 Å². The molecular weight excluding hydrogens is 284 g/mol. The van der Waals surface area contributed by atoms with E-state index in [0.717, 1.165) is 30.5 Å². The second-order valence-electron chi connectivity index (χ2n) is 5.90. The van der Waals surface area contributed by atoms with E-state index in [1.165, 1.54) is 6.42 Å². The standard InChI is InChI=1S/C15H26N4OS/c1-5-19(12(3)20)15-17-13(10-21-15)8-16-14-6-7-18(4)9-11(14)2/h10-11,14,16H,5-9H2,1-4H3. The second-order valence-corrected chi connectivity index (χ2v) is 6.74. The summed E-state index contributed by atoms with van der Waals surface area (Å²) in [6, 6.07) is 0.557. The molecule has 0 bridgehead atoms. The predicted octanol–water partition coefficient (Wildman–Crippen LogP) is 1.95. The van der Waals surface area contributed by atoms with Crippen LogP contribution in [0.5, 0.6) is 0 Å². The molecular formula is C15H26N4OS. The number of hydrogen-bond donors (Lipinski definition) is 1. The van der Waals surface area contributed by atoms with Crippen molar-refractivity contribution in [2.75, 3.05) is 31.6 Å². The minimum absolute atomic E-state index is 0.0512. The summed E-state index contributed by atoms with van der Waals surface area (Å²) in [7, 11) is 2.18. The largest absolute Gasteiger partial charge is 0.308 e. The number of carbonyl (C=O) groups excluding carboxylic acids is 1. The summed E-state index contributed by atoms with van der Waals surface area (Å²) in [5, 5.41) is 6.47. The lowest BCUT2D eigenvalue weighted by Crippen LogP contribution is -2.46. The number of aromatic nitrogens is 1. The van der Waals surface area contributed by atoms with Gasteiger partial charge in [0.05, 0.1) is 5.69 Å². The molecule has 2 heterocycles. The van der Waals surface area contributed by atoms with Gasteiger partial charge in [-0.15, -0.1) is 11.3 Å². The van der Waals surface area contributed by atoms with Crippen LogP contribution in [-0.4, -0.2) is 48.5 Å². The highest BCUT2D eigenvalue weighted by atomic mass is 32.1. The Morgan fingerprint density at radius 3 is 3.00 bits per heavy atom. The molecule has 1 aliphatic heterocycles. The first-order chi connectivity index (χ1) is 10.0. The molecule has 118 valence electrons. The SMILES string of the molecule is CCN(C(C)=O)c1nc(CNC2CCN(C)CC2C)cs1. The molecule has 0 aromatic carbocycles. The van der Waals surface area contributed by atoms with Gasteiger partial charge in [0.15, 0.2) is 5.13 Å². The molecule has 1 fully saturated rings. The van der Waals surface area contributed by atoms with E-state index in [9.17, 15) is 4.79 Å². The first-order valence-corrected chi connectivity index (χ1v) is 8.53. The van der Waals surface area contributed by atoms with Crippen molar-refractivity contribution in [1.29, 1.82) is 0 Å². The monoisotopic (exact) mass is 310 g/mol. The molecule has 6 heteroatoms. The van der Waals surface area contributed by atoms with Crippen LogP contribution in [-0.2, 0) is 11.3 Å². The summed E-state index contributed by atoms with van der Waals surface area (Å²) in [6.45, 7) is 9.61. The molecule has 2 rings (SSSR count). The quantitative estimate of drug-likeness (QED) is 0.903. The van der Waals surface area contributed by atoms with Crippen molar-refractivity contribution in [1.82, 2.24) is 15.2 Å². The highest BCUT2D eigenvalue weighted by Crippen LogP contribution is 2.21. The van der Waals surface area contributed by atoms with E-state index in [1.54, 1.807) is 23.2 Å². The Balaban J connectivity index is 1.89. The van der Waals surface area contributed by atoms with Crippen molar-refractivity contribution in [3.8, 4) is 0 Å². The third kappa shape index (κ3) is 4.25. The molecule has 1 aliphatic rings. The fraction of sp³-hybridized carbons (Fsp3) is 0.733. The maximum Gasteiger partial charge on any atom is 0.225 e. The maximum atomic E-state index is 11.5. The fourth-order valence-electron chi connectivity index (χ4n) is 2.89. The van der Waals surface area contributed by atoms with Crippen molar-refractivity contribution in [3.63, 3.8) is 0 Å². The molecule has 0 aliphatic carbocycles. The molecule has 2 atom stereocenters. The summed E-state index contributed by atoms with van der Waals surface area (Å²) in [6.07, 6.45) is 1.18. The Hall–Kier alpha value is -0.980. The lowest BCUT2D eigenvalue weighted by molar-refractivity contribution is -0.116. The summed E-state index contributed by atoms with van der Waals surface area (Å²) in [5.41, 5.74) is 1.03. The third-order valence-electron chi connectivity index (χ3n) is 4.12. The van der Waals surface area contributed by atoms with Crippen LogP contribution in [0.2, 0.25) is 0 Å². The average Bonchev–Trinajstić information content (AvgIpc) is 2.87. The van der Waals surface area contributed by atoms with Gasteiger partial charge in [-0.2, -0.15) is 0 Å². The topological polar surface area (TPSA) is 48.5 Å². The van der Waals surface area contributed by atoms with Gasteiger partial charge in [0.2, 0.25) is 5.91 Å². The Morgan fingerprint density at radius 1 is 1.62 bits per heavy atom. The Labute approximate surface area is 131 Å². The van der Waals surface area contributed by atoms with Crippen LogP contribution in [0.3, 0.4) is 0 Å². The smallest absolute Gasteiger partial charge is 0.225 e. The summed E-state index contributed by atoms with van der Waals surface area (Å²) in [5.74, 6) is 0.710. The van der Waals surface area contributed by atoms with Gasteiger partial charge in [0.1, 0.15) is 0 Å². The zero-order valence-corrected chi connectivity index (χ0v) is 14.2. The van der Waals surface area contributed by atoms with Crippen molar-refractivity contribution >= 4 is 22.4 Å². The fourth-order valence-corrected chi connectivity index (χ4v) is 3.82. The maximum absolute atomic E-state index is 11.5. The van der Waals surface area contributed by atoms with Gasteiger partial charge in [0, 0.05) is 38.0 Å². The Bertz CT molecular complexity index is 476. The number of anilines is 1. The minimum Gasteiger partial charge on any atom is -0.308 e. The number of nitrogens with one attached hydrogen (secondary N) is 1. The number of thiazole rings is 1. The molecule has 1 N–H and O–H groups in total. The van der Waals surface area contributed by atoms with Crippen LogP contribution in [0, 0.1) is 5.92 Å². The van der Waals surface area contributed by atoms with Crippen LogP contribution in [0.1, 0.15) is 32.9 Å². The van der Waals surface area contributed by atoms with Crippen LogP contribution in [0.4, 0.5) is 5.13 Å². The van der Waals surface area contributed by atoms with E-state index in [-0.39, 0.29) is 5.91 Å². The first-order valence-electron chi connectivity index (χ1n) is 7.65. The van der Waals surface area contributed by atoms with Crippen LogP contribution < -0.4 is 10.2 Å². The summed E-state index contributed by atoms with van der Waals surface area (Å²) < 4.78 is 0. The highest BCUT2D eigenvalue weighted by Gasteiger charge is 2.23. The number of likely N-dealkylation sites (tertiary alicyclic amines) is 1. The normalized spacial score (nSPS) is 23.2. The first kappa shape index (κ1) is 16.4. The summed E-state index contributed by atoms with van der Waals surface area (Å²) >= 11 is 1.54. The van der Waals surface area contributed by atoms with E-state index >= 15 is 0 Å². The second kappa shape index (κ2) is 7.33. The van der Waals surface area contributed by atoms with E-state index in [2.05, 4.69) is 29.2 Å². The average molecular weight is 310 g/mol. The number of hydrogen-bond acceptors (Lipinski definition) is 5. The van der Waals surface area contributed by atoms with Gasteiger partial charge in [-0.3, -0.25) is 9.69 Å². The van der Waals surface area contributed by atoms with Crippen LogP contribution in [0.25, 0.3) is 0 Å². The molecule has 0 radical (unpaired) electrons. The number of carbonyl (C=O) groups is 1. The van der Waals surface area contributed by atoms with Gasteiger partial charge in [-0.05, 0) is 32.9 Å². The zero-order valence-electron chi connectivity index (χ0n) is 13.4. The van der Waals surface area contributed by atoms with Gasteiger partial charge in [0.25, 0.3) is 0 Å². The molecule has 2 unspecified atom stereocenters. The third-order valence-corrected chi connectivity index (χ3v) is 5.03. The highest BCUT2D eigenvalue weighted by molar-refractivity contribution is 7.14. The van der Waals surface area contributed by atoms with Crippen molar-refractivity contribution in [2.24, 2.45) is 5.92 Å². The molecule has 1 amide bonds. The van der Waals surface area contributed by atoms with Gasteiger partial charge < -0.3 is 10.2 Å². The van der Waals surface area contributed by atoms with E-state index in [1.807, 2.05) is 12.3 Å². The molecule has 1 aromatic rings. The van der Waals surface area contributed by atoms with Crippen molar-refractivity contribution in [2.45, 2.75) is 39.8 Å². The van der Waals surface area contributed by atoms with Crippen LogP contribution in [0.15, 0.2) is 5.38 Å². The van der Waals surface area contributed by atoms with E-state index in [0.29, 0.717) is 18.5 Å². The molecule has 5 nitrogen and oxygen atoms in total. The predicted molar refractivity (Wildman–Crippen MR) is 87.7 cm³/mol. The van der Waals surface area contributed by atoms with Crippen LogP contribution >= 0.6 is 11.3 Å². The molecule has 1 saturated heterocycles. The Morgan fingerprint density at radius 2 is 2.38 bits per heavy atom. The van der Waals surface area contributed by atoms with Crippen molar-refractivity contribution < 1.29 is 4.79 Å². The van der Waals surface area contributed by atoms with E-state index in [4.69, 9.17) is 0 Å². The van der Waals surface area contributed by atoms with Gasteiger partial charge in [-0.25, -0.2) is 4.98 Å². The summed E-state index contributed by atoms with van der Waals surface area (Å²) in [4.78, 5) is 20.2. The number of amides is 1.